The lowest BCUT2D eigenvalue weighted by Gasteiger charge is -2.37. The summed E-state index contributed by atoms with van der Waals surface area (Å²) in [5.41, 5.74) is 1.08. The van der Waals surface area contributed by atoms with Crippen LogP contribution in [0.1, 0.15) is 59.8 Å². The van der Waals surface area contributed by atoms with E-state index in [-0.39, 0.29) is 37.6 Å². The Balaban J connectivity index is 1.46. The van der Waals surface area contributed by atoms with Crippen molar-refractivity contribution >= 4 is 33.3 Å². The molecule has 0 spiro atoms. The third-order valence-electron chi connectivity index (χ3n) is 7.16. The number of nitriles is 1. The molecule has 10 nitrogen and oxygen atoms in total. The average Bonchev–Trinajstić information content (AvgIpc) is 3.50. The minimum absolute atomic E-state index is 0.0137. The Morgan fingerprint density at radius 3 is 2.58 bits per heavy atom. The van der Waals surface area contributed by atoms with Gasteiger partial charge in [0.15, 0.2) is 15.7 Å². The molecule has 36 heavy (non-hydrogen) atoms. The highest BCUT2D eigenvalue weighted by molar-refractivity contribution is 7.94. The van der Waals surface area contributed by atoms with E-state index in [4.69, 9.17) is 16.9 Å². The third-order valence-corrected chi connectivity index (χ3v) is 10.7. The van der Waals surface area contributed by atoms with Gasteiger partial charge in [-0.05, 0) is 44.4 Å². The Hall–Kier alpha value is -2.94. The van der Waals surface area contributed by atoms with Crippen molar-refractivity contribution in [2.24, 2.45) is 0 Å². The molecule has 1 aromatic heterocycles. The van der Waals surface area contributed by atoms with Crippen molar-refractivity contribution in [2.45, 2.75) is 61.8 Å². The van der Waals surface area contributed by atoms with E-state index in [2.05, 4.69) is 10.3 Å². The highest BCUT2D eigenvalue weighted by atomic mass is 35.5. The van der Waals surface area contributed by atoms with Crippen molar-refractivity contribution < 1.29 is 23.1 Å². The summed E-state index contributed by atoms with van der Waals surface area (Å²) in [6.07, 6.45) is 0.448. The Morgan fingerprint density at radius 2 is 1.97 bits per heavy atom. The van der Waals surface area contributed by atoms with Gasteiger partial charge in [0, 0.05) is 31.2 Å². The quantitative estimate of drug-likeness (QED) is 0.500. The van der Waals surface area contributed by atoms with Crippen molar-refractivity contribution in [3.05, 3.63) is 52.6 Å². The van der Waals surface area contributed by atoms with E-state index in [0.29, 0.717) is 24.4 Å². The smallest absolute Gasteiger partial charge is 0.287 e. The molecule has 0 unspecified atom stereocenters. The number of sulfone groups is 1. The van der Waals surface area contributed by atoms with Crippen LogP contribution in [0.5, 0.6) is 0 Å². The van der Waals surface area contributed by atoms with Gasteiger partial charge in [-0.25, -0.2) is 13.4 Å². The lowest BCUT2D eigenvalue weighted by Crippen LogP contribution is -2.54. The Bertz CT molecular complexity index is 1330. The topological polar surface area (TPSA) is 145 Å². The molecule has 1 saturated carbocycles. The number of carbonyl (C=O) groups is 2. The SMILES string of the molecule is CC(C)([C@@H](O)CC#N)S(=O)(=O)C1(CN2CCn3c(cnc3C(=O)NCc3ccc(Cl)cc3)C2=O)CC1. The lowest BCUT2D eigenvalue weighted by atomic mass is 10.0. The van der Waals surface area contributed by atoms with Crippen LogP contribution in [-0.4, -0.2) is 68.5 Å². The molecule has 192 valence electrons. The molecule has 1 aromatic carbocycles. The lowest BCUT2D eigenvalue weighted by molar-refractivity contribution is 0.0697. The van der Waals surface area contributed by atoms with Gasteiger partial charge in [-0.2, -0.15) is 5.26 Å². The average molecular weight is 534 g/mol. The molecule has 1 atom stereocenters. The molecule has 2 N–H and O–H groups in total. The van der Waals surface area contributed by atoms with Crippen LogP contribution in [0, 0.1) is 11.3 Å². The highest BCUT2D eigenvalue weighted by Gasteiger charge is 2.62. The molecular formula is C24H28ClN5O5S. The van der Waals surface area contributed by atoms with Crippen molar-refractivity contribution in [3.63, 3.8) is 0 Å². The van der Waals surface area contributed by atoms with E-state index in [0.717, 1.165) is 5.56 Å². The molecule has 0 saturated heterocycles. The first-order chi connectivity index (χ1) is 16.9. The number of rotatable bonds is 9. The van der Waals surface area contributed by atoms with Gasteiger partial charge in [0.1, 0.15) is 5.69 Å². The fourth-order valence-electron chi connectivity index (χ4n) is 4.52. The molecule has 1 fully saturated rings. The molecule has 2 amide bonds. The Labute approximate surface area is 214 Å². The summed E-state index contributed by atoms with van der Waals surface area (Å²) >= 11 is 5.89. The molecule has 2 aromatic rings. The molecule has 12 heteroatoms. The Kier molecular flexibility index (Phi) is 6.90. The first-order valence-electron chi connectivity index (χ1n) is 11.6. The van der Waals surface area contributed by atoms with Crippen LogP contribution in [0.3, 0.4) is 0 Å². The monoisotopic (exact) mass is 533 g/mol. The number of benzene rings is 1. The van der Waals surface area contributed by atoms with Crippen LogP contribution in [0.25, 0.3) is 0 Å². The van der Waals surface area contributed by atoms with E-state index in [9.17, 15) is 23.1 Å². The summed E-state index contributed by atoms with van der Waals surface area (Å²) in [6.45, 7) is 3.62. The molecule has 2 aliphatic rings. The van der Waals surface area contributed by atoms with Crippen molar-refractivity contribution in [3.8, 4) is 6.07 Å². The second-order valence-electron chi connectivity index (χ2n) is 9.82. The minimum Gasteiger partial charge on any atom is -0.390 e. The van der Waals surface area contributed by atoms with Crippen LogP contribution in [0.15, 0.2) is 30.5 Å². The van der Waals surface area contributed by atoms with Gasteiger partial charge in [-0.15, -0.1) is 0 Å². The summed E-state index contributed by atoms with van der Waals surface area (Å²) in [5, 5.41) is 22.6. The van der Waals surface area contributed by atoms with Crippen molar-refractivity contribution in [2.75, 3.05) is 13.1 Å². The highest BCUT2D eigenvalue weighted by Crippen LogP contribution is 2.50. The molecule has 0 radical (unpaired) electrons. The zero-order valence-corrected chi connectivity index (χ0v) is 21.6. The van der Waals surface area contributed by atoms with Gasteiger partial charge in [0.2, 0.25) is 0 Å². The standard InChI is InChI=1S/C24H28ClN5O5S/c1-23(2,19(31)7-10-26)36(34,35)24(8-9-24)15-29-11-12-30-18(22(29)33)14-27-20(30)21(32)28-13-16-3-5-17(25)6-4-16/h3-6,14,19,31H,7-9,11-13,15H2,1-2H3,(H,28,32)/t19-/m0/s1. The number of aliphatic hydroxyl groups excluding tert-OH is 1. The zero-order valence-electron chi connectivity index (χ0n) is 20.1. The van der Waals surface area contributed by atoms with Crippen molar-refractivity contribution in [1.82, 2.24) is 19.8 Å². The van der Waals surface area contributed by atoms with Gasteiger partial charge >= 0.3 is 0 Å². The molecule has 1 aliphatic carbocycles. The number of carbonyl (C=O) groups excluding carboxylic acids is 2. The van der Waals surface area contributed by atoms with Crippen LogP contribution in [0.2, 0.25) is 5.02 Å². The normalized spacial score (nSPS) is 17.8. The van der Waals surface area contributed by atoms with Gasteiger partial charge in [-0.1, -0.05) is 23.7 Å². The number of aliphatic hydroxyl groups is 1. The summed E-state index contributed by atoms with van der Waals surface area (Å²) in [7, 11) is -3.88. The molecule has 2 heterocycles. The minimum atomic E-state index is -3.88. The summed E-state index contributed by atoms with van der Waals surface area (Å²) < 4.78 is 25.8. The summed E-state index contributed by atoms with van der Waals surface area (Å²) in [5.74, 6) is -0.712. The van der Waals surface area contributed by atoms with Crippen LogP contribution >= 0.6 is 11.6 Å². The summed E-state index contributed by atoms with van der Waals surface area (Å²) in [6, 6.07) is 8.88. The predicted molar refractivity (Wildman–Crippen MR) is 132 cm³/mol. The van der Waals surface area contributed by atoms with E-state index in [1.54, 1.807) is 28.8 Å². The number of imidazole rings is 1. The van der Waals surface area contributed by atoms with Gasteiger partial charge in [0.05, 0.1) is 34.3 Å². The number of fused-ring (bicyclic) bond motifs is 1. The first kappa shape index (κ1) is 26.1. The molecule has 0 bridgehead atoms. The van der Waals surface area contributed by atoms with Crippen molar-refractivity contribution in [1.29, 1.82) is 5.26 Å². The van der Waals surface area contributed by atoms with E-state index >= 15 is 0 Å². The number of hydrogen-bond donors (Lipinski definition) is 2. The van der Waals surface area contributed by atoms with Gasteiger partial charge in [0.25, 0.3) is 11.8 Å². The molecular weight excluding hydrogens is 506 g/mol. The van der Waals surface area contributed by atoms with E-state index < -0.39 is 37.2 Å². The van der Waals surface area contributed by atoms with E-state index in [1.807, 2.05) is 6.07 Å². The number of nitrogens with one attached hydrogen (secondary N) is 1. The number of halogens is 1. The van der Waals surface area contributed by atoms with E-state index in [1.165, 1.54) is 24.9 Å². The maximum absolute atomic E-state index is 13.5. The maximum atomic E-state index is 13.5. The maximum Gasteiger partial charge on any atom is 0.287 e. The molecule has 1 aliphatic heterocycles. The fourth-order valence-corrected chi connectivity index (χ4v) is 7.17. The van der Waals surface area contributed by atoms with Crippen LogP contribution in [-0.2, 0) is 22.9 Å². The number of amides is 2. The largest absolute Gasteiger partial charge is 0.390 e. The second-order valence-corrected chi connectivity index (χ2v) is 13.2. The molecule has 4 rings (SSSR count). The third kappa shape index (κ3) is 4.49. The number of aromatic nitrogens is 2. The first-order valence-corrected chi connectivity index (χ1v) is 13.5. The number of nitrogens with zero attached hydrogens (tertiary/aromatic N) is 4. The van der Waals surface area contributed by atoms with Gasteiger partial charge in [-0.3, -0.25) is 9.59 Å². The van der Waals surface area contributed by atoms with Gasteiger partial charge < -0.3 is 19.9 Å². The summed E-state index contributed by atoms with van der Waals surface area (Å²) in [4.78, 5) is 31.6. The van der Waals surface area contributed by atoms with Crippen LogP contribution in [0.4, 0.5) is 0 Å². The predicted octanol–water partition coefficient (Wildman–Crippen LogP) is 1.92. The second kappa shape index (κ2) is 9.50. The number of hydrogen-bond acceptors (Lipinski definition) is 7. The van der Waals surface area contributed by atoms with Crippen LogP contribution < -0.4 is 5.32 Å². The Morgan fingerprint density at radius 1 is 1.31 bits per heavy atom. The zero-order chi connectivity index (χ0) is 26.3. The fraction of sp³-hybridized carbons (Fsp3) is 0.500.